The molecule has 0 radical (unpaired) electrons. The summed E-state index contributed by atoms with van der Waals surface area (Å²) in [5.41, 5.74) is 1.92. The third kappa shape index (κ3) is 5.59. The van der Waals surface area contributed by atoms with Gasteiger partial charge in [-0.25, -0.2) is 4.98 Å². The van der Waals surface area contributed by atoms with Crippen LogP contribution in [-0.4, -0.2) is 23.5 Å². The van der Waals surface area contributed by atoms with E-state index in [1.54, 1.807) is 6.20 Å². The zero-order chi connectivity index (χ0) is 17.3. The molecule has 0 atom stereocenters. The Morgan fingerprint density at radius 3 is 2.56 bits per heavy atom. The van der Waals surface area contributed by atoms with E-state index in [-0.39, 0.29) is 5.91 Å². The van der Waals surface area contributed by atoms with Crippen LogP contribution in [-0.2, 0) is 6.42 Å². The molecule has 0 unspecified atom stereocenters. The lowest BCUT2D eigenvalue weighted by molar-refractivity contribution is 0.0953. The van der Waals surface area contributed by atoms with Crippen LogP contribution in [0, 0.1) is 0 Å². The molecule has 4 heteroatoms. The fourth-order valence-electron chi connectivity index (χ4n) is 3.31. The molecule has 1 aromatic heterocycles. The Kier molecular flexibility index (Phi) is 6.43. The van der Waals surface area contributed by atoms with Gasteiger partial charge >= 0.3 is 0 Å². The van der Waals surface area contributed by atoms with Gasteiger partial charge in [-0.05, 0) is 43.4 Å². The minimum Gasteiger partial charge on any atom is -0.367 e. The van der Waals surface area contributed by atoms with Gasteiger partial charge in [0, 0.05) is 18.8 Å². The molecule has 0 aliphatic heterocycles. The lowest BCUT2D eigenvalue weighted by Crippen LogP contribution is -2.25. The number of amides is 1. The normalized spacial score (nSPS) is 14.9. The van der Waals surface area contributed by atoms with E-state index in [1.807, 2.05) is 30.3 Å². The van der Waals surface area contributed by atoms with Crippen molar-refractivity contribution in [3.63, 3.8) is 0 Å². The van der Waals surface area contributed by atoms with Crippen molar-refractivity contribution >= 4 is 11.7 Å². The Morgan fingerprint density at radius 1 is 1.04 bits per heavy atom. The fraction of sp³-hybridized carbons (Fsp3) is 0.429. The first-order chi connectivity index (χ1) is 12.3. The van der Waals surface area contributed by atoms with Crippen molar-refractivity contribution < 1.29 is 4.79 Å². The zero-order valence-corrected chi connectivity index (χ0v) is 14.7. The molecule has 1 aromatic carbocycles. The third-order valence-corrected chi connectivity index (χ3v) is 4.75. The van der Waals surface area contributed by atoms with Crippen molar-refractivity contribution in [1.29, 1.82) is 0 Å². The SMILES string of the molecule is O=C(NCCCc1ccccc1)c1ccc(NC2CCCCC2)nc1. The minimum atomic E-state index is -0.0511. The molecule has 1 aliphatic carbocycles. The van der Waals surface area contributed by atoms with E-state index in [0.717, 1.165) is 18.7 Å². The Hall–Kier alpha value is -2.36. The van der Waals surface area contributed by atoms with Gasteiger partial charge in [-0.2, -0.15) is 0 Å². The Labute approximate surface area is 150 Å². The molecule has 3 rings (SSSR count). The highest BCUT2D eigenvalue weighted by Crippen LogP contribution is 2.20. The number of rotatable bonds is 7. The van der Waals surface area contributed by atoms with Crippen LogP contribution in [0.2, 0.25) is 0 Å². The number of pyridine rings is 1. The molecule has 0 saturated heterocycles. The lowest BCUT2D eigenvalue weighted by atomic mass is 9.95. The maximum absolute atomic E-state index is 12.2. The standard InChI is InChI=1S/C21H27N3O/c25-21(22-15-7-10-17-8-3-1-4-9-17)18-13-14-20(23-16-18)24-19-11-5-2-6-12-19/h1,3-4,8-9,13-14,16,19H,2,5-7,10-12,15H2,(H,22,25)(H,23,24). The largest absolute Gasteiger partial charge is 0.367 e. The van der Waals surface area contributed by atoms with Crippen molar-refractivity contribution in [3.05, 3.63) is 59.8 Å². The summed E-state index contributed by atoms with van der Waals surface area (Å²) in [4.78, 5) is 16.6. The highest BCUT2D eigenvalue weighted by Gasteiger charge is 2.13. The van der Waals surface area contributed by atoms with Gasteiger partial charge in [-0.15, -0.1) is 0 Å². The molecule has 25 heavy (non-hydrogen) atoms. The maximum Gasteiger partial charge on any atom is 0.252 e. The van der Waals surface area contributed by atoms with Gasteiger partial charge in [-0.1, -0.05) is 49.6 Å². The average Bonchev–Trinajstić information content (AvgIpc) is 2.67. The van der Waals surface area contributed by atoms with Crippen LogP contribution >= 0.6 is 0 Å². The van der Waals surface area contributed by atoms with E-state index in [0.29, 0.717) is 18.2 Å². The summed E-state index contributed by atoms with van der Waals surface area (Å²) in [5, 5.41) is 6.45. The van der Waals surface area contributed by atoms with Crippen LogP contribution in [0.5, 0.6) is 0 Å². The first-order valence-corrected chi connectivity index (χ1v) is 9.36. The summed E-state index contributed by atoms with van der Waals surface area (Å²) >= 11 is 0. The molecule has 0 spiro atoms. The van der Waals surface area contributed by atoms with Gasteiger partial charge < -0.3 is 10.6 Å². The van der Waals surface area contributed by atoms with E-state index < -0.39 is 0 Å². The molecular formula is C21H27N3O. The smallest absolute Gasteiger partial charge is 0.252 e. The van der Waals surface area contributed by atoms with Gasteiger partial charge in [0.2, 0.25) is 0 Å². The number of nitrogens with one attached hydrogen (secondary N) is 2. The second kappa shape index (κ2) is 9.21. The van der Waals surface area contributed by atoms with Crippen LogP contribution in [0.4, 0.5) is 5.82 Å². The number of hydrogen-bond acceptors (Lipinski definition) is 3. The number of carbonyl (C=O) groups excluding carboxylic acids is 1. The minimum absolute atomic E-state index is 0.0511. The van der Waals surface area contributed by atoms with Crippen molar-refractivity contribution in [1.82, 2.24) is 10.3 Å². The summed E-state index contributed by atoms with van der Waals surface area (Å²) < 4.78 is 0. The predicted octanol–water partition coefficient (Wildman–Crippen LogP) is 4.19. The van der Waals surface area contributed by atoms with Crippen LogP contribution < -0.4 is 10.6 Å². The molecule has 1 saturated carbocycles. The zero-order valence-electron chi connectivity index (χ0n) is 14.7. The van der Waals surface area contributed by atoms with Crippen molar-refractivity contribution in [2.45, 2.75) is 51.0 Å². The predicted molar refractivity (Wildman–Crippen MR) is 102 cm³/mol. The molecule has 1 heterocycles. The summed E-state index contributed by atoms with van der Waals surface area (Å²) in [6.07, 6.45) is 9.93. The number of carbonyl (C=O) groups is 1. The Balaban J connectivity index is 1.41. The molecule has 0 bridgehead atoms. The maximum atomic E-state index is 12.2. The van der Waals surface area contributed by atoms with Crippen molar-refractivity contribution in [2.24, 2.45) is 0 Å². The van der Waals surface area contributed by atoms with Gasteiger partial charge in [0.1, 0.15) is 5.82 Å². The average molecular weight is 337 g/mol. The molecule has 132 valence electrons. The summed E-state index contributed by atoms with van der Waals surface area (Å²) in [5.74, 6) is 0.817. The molecule has 4 nitrogen and oxygen atoms in total. The Bertz CT molecular complexity index is 649. The van der Waals surface area contributed by atoms with E-state index in [4.69, 9.17) is 0 Å². The monoisotopic (exact) mass is 337 g/mol. The molecule has 2 aromatic rings. The highest BCUT2D eigenvalue weighted by atomic mass is 16.1. The fourth-order valence-corrected chi connectivity index (χ4v) is 3.31. The second-order valence-electron chi connectivity index (χ2n) is 6.76. The first-order valence-electron chi connectivity index (χ1n) is 9.36. The summed E-state index contributed by atoms with van der Waals surface area (Å²) in [6.45, 7) is 0.676. The van der Waals surface area contributed by atoms with E-state index in [9.17, 15) is 4.79 Å². The number of anilines is 1. The van der Waals surface area contributed by atoms with Gasteiger partial charge in [-0.3, -0.25) is 4.79 Å². The summed E-state index contributed by atoms with van der Waals surface area (Å²) in [7, 11) is 0. The lowest BCUT2D eigenvalue weighted by Gasteiger charge is -2.23. The topological polar surface area (TPSA) is 54.0 Å². The molecule has 1 aliphatic rings. The van der Waals surface area contributed by atoms with Crippen molar-refractivity contribution in [3.8, 4) is 0 Å². The molecule has 1 fully saturated rings. The number of hydrogen-bond donors (Lipinski definition) is 2. The number of aromatic nitrogens is 1. The van der Waals surface area contributed by atoms with Crippen LogP contribution in [0.3, 0.4) is 0 Å². The molecule has 2 N–H and O–H groups in total. The quantitative estimate of drug-likeness (QED) is 0.745. The number of benzene rings is 1. The highest BCUT2D eigenvalue weighted by molar-refractivity contribution is 5.94. The molecular weight excluding hydrogens is 310 g/mol. The van der Waals surface area contributed by atoms with E-state index >= 15 is 0 Å². The van der Waals surface area contributed by atoms with Gasteiger partial charge in [0.15, 0.2) is 0 Å². The Morgan fingerprint density at radius 2 is 1.84 bits per heavy atom. The van der Waals surface area contributed by atoms with E-state index in [2.05, 4.69) is 27.8 Å². The number of aryl methyl sites for hydroxylation is 1. The molecule has 1 amide bonds. The second-order valence-corrected chi connectivity index (χ2v) is 6.76. The third-order valence-electron chi connectivity index (χ3n) is 4.75. The van der Waals surface area contributed by atoms with Gasteiger partial charge in [0.25, 0.3) is 5.91 Å². The van der Waals surface area contributed by atoms with E-state index in [1.165, 1.54) is 37.7 Å². The summed E-state index contributed by atoms with van der Waals surface area (Å²) in [6, 6.07) is 14.6. The first kappa shape index (κ1) is 17.5. The van der Waals surface area contributed by atoms with Crippen LogP contribution in [0.25, 0.3) is 0 Å². The van der Waals surface area contributed by atoms with Gasteiger partial charge in [0.05, 0.1) is 5.56 Å². The van der Waals surface area contributed by atoms with Crippen LogP contribution in [0.15, 0.2) is 48.7 Å². The van der Waals surface area contributed by atoms with Crippen LogP contribution in [0.1, 0.15) is 54.4 Å². The number of nitrogens with zero attached hydrogens (tertiary/aromatic N) is 1. The van der Waals surface area contributed by atoms with Crippen molar-refractivity contribution in [2.75, 3.05) is 11.9 Å².